The van der Waals surface area contributed by atoms with Gasteiger partial charge in [-0.1, -0.05) is 19.1 Å². The number of alkyl halides is 3. The normalized spacial score (nSPS) is 16.8. The maximum atomic E-state index is 12.3. The molecule has 0 unspecified atom stereocenters. The summed E-state index contributed by atoms with van der Waals surface area (Å²) in [4.78, 5) is 0. The number of aromatic amines is 1. The molecule has 0 bridgehead atoms. The van der Waals surface area contributed by atoms with E-state index in [2.05, 4.69) is 14.9 Å². The molecule has 0 spiro atoms. The fraction of sp³-hybridized carbons (Fsp3) is 0.250. The number of nitrogens with zero attached hydrogens (tertiary/aromatic N) is 2. The molecule has 0 amide bonds. The molecule has 130 valence electrons. The molecule has 3 N–H and O–H groups in total. The van der Waals surface area contributed by atoms with Crippen LogP contribution < -0.4 is 15.2 Å². The summed E-state index contributed by atoms with van der Waals surface area (Å²) in [7, 11) is 0. The minimum Gasteiger partial charge on any atom is -0.420 e. The van der Waals surface area contributed by atoms with Gasteiger partial charge in [0.25, 0.3) is 0 Å². The quantitative estimate of drug-likeness (QED) is 0.887. The number of H-pyrrole nitrogens is 1. The molecular weight excluding hydrogens is 337 g/mol. The summed E-state index contributed by atoms with van der Waals surface area (Å²) >= 11 is 0. The highest BCUT2D eigenvalue weighted by molar-refractivity contribution is 5.55. The molecule has 1 aliphatic rings. The van der Waals surface area contributed by atoms with Crippen LogP contribution in [0.4, 0.5) is 13.2 Å². The highest BCUT2D eigenvalue weighted by Gasteiger charge is 2.35. The second kappa shape index (κ2) is 6.05. The van der Waals surface area contributed by atoms with Crippen LogP contribution in [0, 0.1) is 11.3 Å². The average molecular weight is 350 g/mol. The number of hydrogen-bond donors (Lipinski definition) is 2. The van der Waals surface area contributed by atoms with E-state index in [9.17, 15) is 18.4 Å². The first kappa shape index (κ1) is 16.7. The Kier molecular flexibility index (Phi) is 4.04. The third-order valence-corrected chi connectivity index (χ3v) is 3.82. The van der Waals surface area contributed by atoms with Gasteiger partial charge in [0.2, 0.25) is 11.8 Å². The Morgan fingerprint density at radius 3 is 2.60 bits per heavy atom. The molecule has 1 aliphatic heterocycles. The van der Waals surface area contributed by atoms with E-state index in [1.807, 2.05) is 13.0 Å². The third-order valence-electron chi connectivity index (χ3n) is 3.82. The lowest BCUT2D eigenvalue weighted by Crippen LogP contribution is -2.21. The maximum Gasteiger partial charge on any atom is 0.573 e. The Hall–Kier alpha value is -3.15. The first-order chi connectivity index (χ1) is 11.8. The summed E-state index contributed by atoms with van der Waals surface area (Å²) in [5.74, 6) is -0.747. The smallest absolute Gasteiger partial charge is 0.420 e. The number of aryl methyl sites for hydroxylation is 1. The largest absolute Gasteiger partial charge is 0.573 e. The lowest BCUT2D eigenvalue weighted by molar-refractivity contribution is -0.274. The topological polar surface area (TPSA) is 97.0 Å². The summed E-state index contributed by atoms with van der Waals surface area (Å²) in [6, 6.07) is 7.30. The number of ether oxygens (including phenoxy) is 2. The molecule has 2 heterocycles. The van der Waals surface area contributed by atoms with Crippen LogP contribution in [0.3, 0.4) is 0 Å². The zero-order valence-corrected chi connectivity index (χ0v) is 13.0. The fourth-order valence-corrected chi connectivity index (χ4v) is 2.77. The van der Waals surface area contributed by atoms with E-state index in [1.54, 1.807) is 0 Å². The van der Waals surface area contributed by atoms with E-state index in [0.717, 1.165) is 5.69 Å². The van der Waals surface area contributed by atoms with Crippen LogP contribution in [0.1, 0.15) is 29.7 Å². The number of fused-ring (bicyclic) bond motifs is 1. The number of hydrogen-bond acceptors (Lipinski definition) is 5. The summed E-state index contributed by atoms with van der Waals surface area (Å²) < 4.78 is 46.2. The van der Waals surface area contributed by atoms with Crippen LogP contribution in [0.2, 0.25) is 0 Å². The number of nitrogens with one attached hydrogen (secondary N) is 1. The van der Waals surface area contributed by atoms with E-state index in [-0.39, 0.29) is 23.1 Å². The summed E-state index contributed by atoms with van der Waals surface area (Å²) in [5.41, 5.74) is 7.97. The zero-order valence-electron chi connectivity index (χ0n) is 13.0. The van der Waals surface area contributed by atoms with Crippen molar-refractivity contribution >= 4 is 0 Å². The summed E-state index contributed by atoms with van der Waals surface area (Å²) in [5, 5.41) is 16.3. The van der Waals surface area contributed by atoms with Gasteiger partial charge in [-0.15, -0.1) is 18.3 Å². The van der Waals surface area contributed by atoms with Gasteiger partial charge in [-0.05, 0) is 24.1 Å². The van der Waals surface area contributed by atoms with Crippen molar-refractivity contribution in [1.82, 2.24) is 10.2 Å². The molecule has 1 aromatic carbocycles. The number of nitriles is 1. The van der Waals surface area contributed by atoms with Gasteiger partial charge in [-0.2, -0.15) is 5.26 Å². The summed E-state index contributed by atoms with van der Waals surface area (Å²) in [6.45, 7) is 1.90. The lowest BCUT2D eigenvalue weighted by Gasteiger charge is -2.24. The minimum atomic E-state index is -4.77. The minimum absolute atomic E-state index is 0.0789. The predicted octanol–water partition coefficient (Wildman–Crippen LogP) is 3.09. The van der Waals surface area contributed by atoms with Crippen molar-refractivity contribution < 1.29 is 22.6 Å². The van der Waals surface area contributed by atoms with Gasteiger partial charge in [0.1, 0.15) is 17.4 Å². The Bertz CT molecular complexity index is 863. The first-order valence-corrected chi connectivity index (χ1v) is 7.34. The van der Waals surface area contributed by atoms with Crippen molar-refractivity contribution in [2.75, 3.05) is 0 Å². The van der Waals surface area contributed by atoms with E-state index in [1.165, 1.54) is 24.3 Å². The highest BCUT2D eigenvalue weighted by Crippen LogP contribution is 2.43. The number of aromatic nitrogens is 2. The van der Waals surface area contributed by atoms with Crippen molar-refractivity contribution in [2.24, 2.45) is 5.73 Å². The Morgan fingerprint density at radius 1 is 1.36 bits per heavy atom. The second-order valence-electron chi connectivity index (χ2n) is 5.32. The molecule has 2 aromatic rings. The molecule has 1 atom stereocenters. The van der Waals surface area contributed by atoms with Gasteiger partial charge in [0.15, 0.2) is 0 Å². The van der Waals surface area contributed by atoms with Gasteiger partial charge in [0.05, 0.1) is 5.92 Å². The third kappa shape index (κ3) is 3.10. The number of allylic oxidation sites excluding steroid dienone is 1. The first-order valence-electron chi connectivity index (χ1n) is 7.34. The molecule has 0 radical (unpaired) electrons. The summed E-state index contributed by atoms with van der Waals surface area (Å²) in [6.07, 6.45) is -4.16. The van der Waals surface area contributed by atoms with Crippen LogP contribution in [0.25, 0.3) is 0 Å². The van der Waals surface area contributed by atoms with Crippen LogP contribution >= 0.6 is 0 Å². The van der Waals surface area contributed by atoms with E-state index >= 15 is 0 Å². The number of halogens is 3. The molecule has 1 aromatic heterocycles. The number of nitrogens with two attached hydrogens (primary N) is 1. The SMILES string of the molecule is CCc1[nH]nc2c1[C@@H](c1ccc(OC(F)(F)F)cc1)C(C#N)=C(N)O2. The van der Waals surface area contributed by atoms with Gasteiger partial charge in [-0.25, -0.2) is 0 Å². The molecule has 0 aliphatic carbocycles. The van der Waals surface area contributed by atoms with Crippen molar-refractivity contribution in [1.29, 1.82) is 5.26 Å². The van der Waals surface area contributed by atoms with Crippen molar-refractivity contribution in [3.8, 4) is 17.7 Å². The molecule has 0 fully saturated rings. The lowest BCUT2D eigenvalue weighted by atomic mass is 9.83. The molecule has 0 saturated carbocycles. The molecule has 9 heteroatoms. The molecule has 3 rings (SSSR count). The molecule has 0 saturated heterocycles. The van der Waals surface area contributed by atoms with Crippen LogP contribution in [-0.4, -0.2) is 16.6 Å². The molecule has 25 heavy (non-hydrogen) atoms. The number of rotatable bonds is 3. The zero-order chi connectivity index (χ0) is 18.2. The Labute approximate surface area is 140 Å². The van der Waals surface area contributed by atoms with Crippen LogP contribution in [-0.2, 0) is 6.42 Å². The second-order valence-corrected chi connectivity index (χ2v) is 5.32. The van der Waals surface area contributed by atoms with E-state index in [0.29, 0.717) is 17.5 Å². The highest BCUT2D eigenvalue weighted by atomic mass is 19.4. The van der Waals surface area contributed by atoms with Crippen molar-refractivity contribution in [3.63, 3.8) is 0 Å². The molecular formula is C16H13F3N4O2. The van der Waals surface area contributed by atoms with Gasteiger partial charge < -0.3 is 15.2 Å². The predicted molar refractivity (Wildman–Crippen MR) is 80.4 cm³/mol. The van der Waals surface area contributed by atoms with E-state index < -0.39 is 12.3 Å². The Morgan fingerprint density at radius 2 is 2.04 bits per heavy atom. The fourth-order valence-electron chi connectivity index (χ4n) is 2.77. The van der Waals surface area contributed by atoms with Gasteiger partial charge >= 0.3 is 6.36 Å². The van der Waals surface area contributed by atoms with Crippen LogP contribution in [0.5, 0.6) is 11.6 Å². The monoisotopic (exact) mass is 350 g/mol. The van der Waals surface area contributed by atoms with E-state index in [4.69, 9.17) is 10.5 Å². The Balaban J connectivity index is 2.05. The van der Waals surface area contributed by atoms with Gasteiger partial charge in [-0.3, -0.25) is 5.10 Å². The number of benzene rings is 1. The van der Waals surface area contributed by atoms with Crippen LogP contribution in [0.15, 0.2) is 35.7 Å². The average Bonchev–Trinajstić information content (AvgIpc) is 2.95. The standard InChI is InChI=1S/C16H13F3N4O2/c1-2-11-13-12(10(7-20)14(21)24-15(13)23-22-11)8-3-5-9(6-4-8)25-16(17,18)19/h3-6,12H,2,21H2,1H3,(H,22,23)/t12-/m0/s1. The molecule has 6 nitrogen and oxygen atoms in total. The van der Waals surface area contributed by atoms with Crippen molar-refractivity contribution in [3.05, 3.63) is 52.5 Å². The maximum absolute atomic E-state index is 12.3. The van der Waals surface area contributed by atoms with Crippen molar-refractivity contribution in [2.45, 2.75) is 25.6 Å². The van der Waals surface area contributed by atoms with Gasteiger partial charge in [0, 0.05) is 11.3 Å².